The Bertz CT molecular complexity index is 1560. The van der Waals surface area contributed by atoms with Crippen molar-refractivity contribution < 1.29 is 35.7 Å². The van der Waals surface area contributed by atoms with Gasteiger partial charge in [0.05, 0.1) is 24.3 Å². The zero-order valence-corrected chi connectivity index (χ0v) is 25.6. The van der Waals surface area contributed by atoms with E-state index in [0.717, 1.165) is 27.6 Å². The van der Waals surface area contributed by atoms with Crippen LogP contribution in [-0.2, 0) is 26.9 Å². The Balaban J connectivity index is 1.67. The highest BCUT2D eigenvalue weighted by Gasteiger charge is 2.55. The summed E-state index contributed by atoms with van der Waals surface area (Å²) < 4.78 is 80.8. The molecule has 2 fully saturated rings. The summed E-state index contributed by atoms with van der Waals surface area (Å²) in [6.07, 6.45) is -4.66. The Morgan fingerprint density at radius 2 is 1.43 bits per heavy atom. The first-order valence-corrected chi connectivity index (χ1v) is 15.8. The number of nitrogens with one attached hydrogen (secondary N) is 2. The second kappa shape index (κ2) is 12.5. The van der Waals surface area contributed by atoms with Gasteiger partial charge in [0.2, 0.25) is 0 Å². The normalized spacial score (nSPS) is 23.1. The molecule has 0 aromatic heterocycles. The van der Waals surface area contributed by atoms with Gasteiger partial charge in [0.25, 0.3) is 5.91 Å². The second-order valence-corrected chi connectivity index (χ2v) is 12.7. The minimum absolute atomic E-state index is 0.0207. The predicted octanol–water partition coefficient (Wildman–Crippen LogP) is 5.19. The molecule has 44 heavy (non-hydrogen) atoms. The molecule has 0 radical (unpaired) electrons. The Kier molecular flexibility index (Phi) is 9.21. The van der Waals surface area contributed by atoms with E-state index in [9.17, 15) is 30.9 Å². The third kappa shape index (κ3) is 6.54. The number of benzene rings is 3. The molecule has 3 N–H and O–H groups in total. The quantitative estimate of drug-likeness (QED) is 0.297. The number of alkyl halides is 3. The van der Waals surface area contributed by atoms with Crippen molar-refractivity contribution in [1.82, 2.24) is 19.8 Å². The van der Waals surface area contributed by atoms with Gasteiger partial charge in [0.1, 0.15) is 5.75 Å². The lowest BCUT2D eigenvalue weighted by Gasteiger charge is -2.39. The minimum atomic E-state index is -4.66. The Hall–Kier alpha value is -2.91. The number of rotatable bonds is 7. The average Bonchev–Trinajstić information content (AvgIpc) is 3.38. The van der Waals surface area contributed by atoms with Gasteiger partial charge in [-0.1, -0.05) is 53.5 Å². The maximum absolute atomic E-state index is 14.6. The third-order valence-corrected chi connectivity index (χ3v) is 9.24. The van der Waals surface area contributed by atoms with Crippen LogP contribution in [0.3, 0.4) is 0 Å². The van der Waals surface area contributed by atoms with Crippen LogP contribution in [0.1, 0.15) is 41.3 Å². The van der Waals surface area contributed by atoms with Crippen LogP contribution < -0.4 is 15.4 Å². The van der Waals surface area contributed by atoms with E-state index in [-0.39, 0.29) is 44.1 Å². The molecule has 15 heteroatoms. The summed E-state index contributed by atoms with van der Waals surface area (Å²) in [6.45, 7) is 1.14. The van der Waals surface area contributed by atoms with Crippen LogP contribution in [0.25, 0.3) is 0 Å². The molecule has 2 saturated heterocycles. The van der Waals surface area contributed by atoms with Crippen molar-refractivity contribution in [3.8, 4) is 5.75 Å². The van der Waals surface area contributed by atoms with E-state index < -0.39 is 45.7 Å². The Morgan fingerprint density at radius 3 is 1.86 bits per heavy atom. The van der Waals surface area contributed by atoms with Gasteiger partial charge in [-0.05, 0) is 54.4 Å². The van der Waals surface area contributed by atoms with Crippen molar-refractivity contribution >= 4 is 39.4 Å². The maximum atomic E-state index is 14.6. The molecule has 2 aliphatic rings. The van der Waals surface area contributed by atoms with Crippen molar-refractivity contribution in [3.05, 3.63) is 99.0 Å². The van der Waals surface area contributed by atoms with Gasteiger partial charge in [0.15, 0.2) is 5.66 Å². The van der Waals surface area contributed by atoms with E-state index >= 15 is 0 Å². The number of carbonyl (C=O) groups is 1. The molecular weight excluding hydrogens is 644 g/mol. The lowest BCUT2D eigenvalue weighted by molar-refractivity contribution is -0.141. The van der Waals surface area contributed by atoms with Gasteiger partial charge in [-0.25, -0.2) is 0 Å². The maximum Gasteiger partial charge on any atom is 0.416 e. The molecule has 2 aliphatic heterocycles. The van der Waals surface area contributed by atoms with E-state index in [4.69, 9.17) is 27.9 Å². The van der Waals surface area contributed by atoms with Crippen LogP contribution in [0.15, 0.2) is 66.7 Å². The number of hydrogen-bond acceptors (Lipinski definition) is 6. The number of halogens is 5. The predicted molar refractivity (Wildman–Crippen MR) is 159 cm³/mol. The van der Waals surface area contributed by atoms with E-state index in [0.29, 0.717) is 10.0 Å². The number of amides is 1. The van der Waals surface area contributed by atoms with Crippen LogP contribution in [0.5, 0.6) is 5.75 Å². The fraction of sp³-hybridized carbons (Fsp3) is 0.345. The van der Waals surface area contributed by atoms with Crippen LogP contribution in [0, 0.1) is 0 Å². The van der Waals surface area contributed by atoms with Crippen molar-refractivity contribution in [2.24, 2.45) is 0 Å². The summed E-state index contributed by atoms with van der Waals surface area (Å²) in [5.41, 5.74) is -1.19. The number of nitrogens with zero attached hydrogens (tertiary/aromatic N) is 2. The summed E-state index contributed by atoms with van der Waals surface area (Å²) in [5, 5.41) is 7.77. The SMILES string of the molecule is CCOc1cc(C(F)(F)F)ccc1C1(C(=O)N2CCN(S(=O)(=O)O)CC2)NC(c2ccc(Cl)cc2)C(c2ccc(Cl)cc2)N1. The highest BCUT2D eigenvalue weighted by atomic mass is 35.5. The van der Waals surface area contributed by atoms with Crippen molar-refractivity contribution in [1.29, 1.82) is 0 Å². The van der Waals surface area contributed by atoms with E-state index in [1.807, 2.05) is 0 Å². The van der Waals surface area contributed by atoms with Crippen molar-refractivity contribution in [2.75, 3.05) is 32.8 Å². The smallest absolute Gasteiger partial charge is 0.416 e. The van der Waals surface area contributed by atoms with Crippen molar-refractivity contribution in [3.63, 3.8) is 0 Å². The topological polar surface area (TPSA) is 111 Å². The van der Waals surface area contributed by atoms with Crippen LogP contribution in [0.4, 0.5) is 13.2 Å². The minimum Gasteiger partial charge on any atom is -0.493 e. The van der Waals surface area contributed by atoms with Crippen molar-refractivity contribution in [2.45, 2.75) is 30.8 Å². The molecule has 3 aromatic carbocycles. The molecule has 0 aliphatic carbocycles. The second-order valence-electron chi connectivity index (χ2n) is 10.4. The number of hydrogen-bond donors (Lipinski definition) is 3. The molecule has 0 bridgehead atoms. The van der Waals surface area contributed by atoms with E-state index in [2.05, 4.69) is 10.6 Å². The first-order valence-electron chi connectivity index (χ1n) is 13.7. The number of ether oxygens (including phenoxy) is 1. The first kappa shape index (κ1) is 32.5. The molecule has 0 spiro atoms. The van der Waals surface area contributed by atoms with Gasteiger partial charge in [-0.3, -0.25) is 20.0 Å². The van der Waals surface area contributed by atoms with Gasteiger partial charge >= 0.3 is 16.5 Å². The first-order chi connectivity index (χ1) is 20.7. The Labute approximate surface area is 262 Å². The van der Waals surface area contributed by atoms with E-state index in [1.165, 1.54) is 11.0 Å². The molecule has 0 saturated carbocycles. The highest BCUT2D eigenvalue weighted by molar-refractivity contribution is 7.83. The van der Waals surface area contributed by atoms with Gasteiger partial charge in [-0.15, -0.1) is 0 Å². The monoisotopic (exact) mass is 672 g/mol. The summed E-state index contributed by atoms with van der Waals surface area (Å²) in [6, 6.07) is 15.7. The lowest BCUT2D eigenvalue weighted by atomic mass is 9.94. The van der Waals surface area contributed by atoms with Crippen LogP contribution in [-0.4, -0.2) is 60.9 Å². The molecule has 9 nitrogen and oxygen atoms in total. The van der Waals surface area contributed by atoms with E-state index in [1.54, 1.807) is 55.5 Å². The third-order valence-electron chi connectivity index (χ3n) is 7.72. The van der Waals surface area contributed by atoms with Gasteiger partial charge in [-0.2, -0.15) is 25.9 Å². The summed E-state index contributed by atoms with van der Waals surface area (Å²) >= 11 is 12.3. The largest absolute Gasteiger partial charge is 0.493 e. The standard InChI is InChI=1S/C29H29Cl2F3N4O5S/c1-2-43-24-17-20(29(32,33)34)7-12-23(24)28(27(39)37-13-15-38(16-14-37)44(40,41)42)35-25(18-3-8-21(30)9-4-18)26(36-28)19-5-10-22(31)11-6-19/h3-12,17,25-26,35-36H,2,13-16H2,1H3,(H,40,41,42). The molecular formula is C29H29Cl2F3N4O5S. The Morgan fingerprint density at radius 1 is 0.932 bits per heavy atom. The fourth-order valence-corrected chi connectivity index (χ4v) is 6.48. The van der Waals surface area contributed by atoms with Crippen LogP contribution in [0.2, 0.25) is 10.0 Å². The summed E-state index contributed by atoms with van der Waals surface area (Å²) in [7, 11) is -4.47. The zero-order valence-electron chi connectivity index (χ0n) is 23.3. The molecule has 236 valence electrons. The highest BCUT2D eigenvalue weighted by Crippen LogP contribution is 2.46. The molecule has 1 amide bonds. The molecule has 2 heterocycles. The fourth-order valence-electron chi connectivity index (χ4n) is 5.60. The van der Waals surface area contributed by atoms with Gasteiger partial charge < -0.3 is 9.64 Å². The molecule has 5 rings (SSSR count). The molecule has 3 aromatic rings. The van der Waals surface area contributed by atoms with Gasteiger partial charge in [0, 0.05) is 41.8 Å². The van der Waals surface area contributed by atoms with Crippen LogP contribution >= 0.6 is 23.2 Å². The molecule has 2 unspecified atom stereocenters. The molecule has 2 atom stereocenters. The number of carbonyl (C=O) groups excluding carboxylic acids is 1. The lowest BCUT2D eigenvalue weighted by Crippen LogP contribution is -2.62. The summed E-state index contributed by atoms with van der Waals surface area (Å²) in [5.74, 6) is -0.720. The number of piperazine rings is 1. The average molecular weight is 674 g/mol. The summed E-state index contributed by atoms with van der Waals surface area (Å²) in [4.78, 5) is 16.0. The zero-order chi connectivity index (χ0) is 31.9.